The van der Waals surface area contributed by atoms with Crippen LogP contribution < -0.4 is 11.1 Å². The van der Waals surface area contributed by atoms with Crippen LogP contribution >= 0.6 is 34.4 Å². The molecule has 3 N–H and O–H groups in total. The summed E-state index contributed by atoms with van der Waals surface area (Å²) in [6.45, 7) is 6.27. The van der Waals surface area contributed by atoms with Gasteiger partial charge in [-0.1, -0.05) is 11.2 Å². The van der Waals surface area contributed by atoms with Crippen molar-refractivity contribution in [1.82, 2.24) is 20.2 Å². The second-order valence-electron chi connectivity index (χ2n) is 9.82. The topological polar surface area (TPSA) is 175 Å². The molecule has 218 valence electrons. The van der Waals surface area contributed by atoms with Crippen molar-refractivity contribution >= 4 is 75.1 Å². The number of aromatic nitrogens is 2. The van der Waals surface area contributed by atoms with E-state index in [-0.39, 0.29) is 22.2 Å². The lowest BCUT2D eigenvalue weighted by Gasteiger charge is -2.49. The number of nitrogen functional groups attached to an aromatic ring is 1. The minimum absolute atomic E-state index is 0.00126. The number of esters is 2. The first-order valence-electron chi connectivity index (χ1n) is 12.2. The molecule has 0 bridgehead atoms. The molecule has 2 amide bonds. The quantitative estimate of drug-likeness (QED) is 0.138. The second-order valence-corrected chi connectivity index (χ2v) is 12.7. The smallest absolute Gasteiger partial charge is 0.358 e. The molecule has 2 aliphatic heterocycles. The number of amides is 2. The maximum Gasteiger partial charge on any atom is 0.358 e. The predicted octanol–water partition coefficient (Wildman–Crippen LogP) is 2.30. The zero-order valence-corrected chi connectivity index (χ0v) is 25.3. The third-order valence-corrected chi connectivity index (χ3v) is 8.60. The predicted molar refractivity (Wildman–Crippen MR) is 155 cm³/mol. The molecule has 2 atom stereocenters. The van der Waals surface area contributed by atoms with Crippen LogP contribution in [0.1, 0.15) is 37.2 Å². The van der Waals surface area contributed by atoms with Crippen LogP contribution in [0, 0.1) is 12.3 Å². The molecular weight excluding hydrogens is 593 g/mol. The lowest BCUT2D eigenvalue weighted by molar-refractivity contribution is -0.173. The number of nitrogens with two attached hydrogens (primary N) is 1. The molecular formula is C25H28N6O7S3. The third-order valence-electron chi connectivity index (χ3n) is 5.70. The fourth-order valence-corrected chi connectivity index (χ4v) is 6.26. The van der Waals surface area contributed by atoms with Crippen LogP contribution in [0.5, 0.6) is 0 Å². The van der Waals surface area contributed by atoms with Gasteiger partial charge in [0.25, 0.3) is 11.8 Å². The van der Waals surface area contributed by atoms with Gasteiger partial charge in [-0.15, -0.1) is 34.4 Å². The SMILES string of the molecule is CO/N=C(\C(=O)N[C@@H]1C(=O)N2C(C(=O)OCOC(=O)C(C)(C)C)=C(/C=C\c3nc(C)cs3)CS[C@H]12)c1csc(N)n1. The van der Waals surface area contributed by atoms with Crippen LogP contribution in [-0.4, -0.2) is 75.4 Å². The monoisotopic (exact) mass is 620 g/mol. The highest BCUT2D eigenvalue weighted by Crippen LogP contribution is 2.41. The molecule has 4 rings (SSSR count). The molecule has 13 nitrogen and oxygen atoms in total. The van der Waals surface area contributed by atoms with E-state index in [0.29, 0.717) is 11.3 Å². The number of thioether (sulfide) groups is 1. The Labute approximate surface area is 247 Å². The first kappa shape index (κ1) is 30.2. The van der Waals surface area contributed by atoms with E-state index in [1.165, 1.54) is 35.1 Å². The summed E-state index contributed by atoms with van der Waals surface area (Å²) in [5.74, 6) is -2.28. The lowest BCUT2D eigenvalue weighted by Crippen LogP contribution is -2.71. The minimum atomic E-state index is -0.959. The maximum absolute atomic E-state index is 13.3. The van der Waals surface area contributed by atoms with Gasteiger partial charge in [0.05, 0.1) is 5.41 Å². The Morgan fingerprint density at radius 3 is 2.56 bits per heavy atom. The highest BCUT2D eigenvalue weighted by atomic mass is 32.2. The number of hydrogen-bond acceptors (Lipinski definition) is 14. The van der Waals surface area contributed by atoms with Crippen LogP contribution in [0.15, 0.2) is 33.3 Å². The van der Waals surface area contributed by atoms with Crippen molar-refractivity contribution in [3.63, 3.8) is 0 Å². The molecule has 2 aromatic heterocycles. The van der Waals surface area contributed by atoms with Gasteiger partial charge in [0, 0.05) is 22.2 Å². The first-order chi connectivity index (χ1) is 19.4. The fourth-order valence-electron chi connectivity index (χ4n) is 3.70. The van der Waals surface area contributed by atoms with Crippen molar-refractivity contribution in [2.75, 3.05) is 25.4 Å². The van der Waals surface area contributed by atoms with Gasteiger partial charge in [-0.2, -0.15) is 0 Å². The van der Waals surface area contributed by atoms with Crippen molar-refractivity contribution in [3.05, 3.63) is 44.5 Å². The summed E-state index contributed by atoms with van der Waals surface area (Å²) in [6, 6.07) is -0.959. The van der Waals surface area contributed by atoms with E-state index in [2.05, 4.69) is 20.4 Å². The highest BCUT2D eigenvalue weighted by Gasteiger charge is 2.54. The molecule has 0 unspecified atom stereocenters. The molecule has 1 fully saturated rings. The number of nitrogens with one attached hydrogen (secondary N) is 1. The number of nitrogens with zero attached hydrogens (tertiary/aromatic N) is 4. The Hall–Kier alpha value is -3.76. The van der Waals surface area contributed by atoms with E-state index >= 15 is 0 Å². The minimum Gasteiger partial charge on any atom is -0.427 e. The number of β-lactam (4-membered cyclic amide) rings is 1. The van der Waals surface area contributed by atoms with Crippen LogP contribution in [0.3, 0.4) is 0 Å². The van der Waals surface area contributed by atoms with Gasteiger partial charge in [-0.3, -0.25) is 19.3 Å². The van der Waals surface area contributed by atoms with E-state index < -0.39 is 47.4 Å². The summed E-state index contributed by atoms with van der Waals surface area (Å²) in [6.07, 6.45) is 3.45. The molecule has 0 aromatic carbocycles. The average Bonchev–Trinajstić information content (AvgIpc) is 3.54. The van der Waals surface area contributed by atoms with E-state index in [1.54, 1.807) is 38.3 Å². The fraction of sp³-hybridized carbons (Fsp3) is 0.400. The molecule has 4 heterocycles. The molecule has 16 heteroatoms. The van der Waals surface area contributed by atoms with Crippen LogP contribution in [0.2, 0.25) is 0 Å². The summed E-state index contributed by atoms with van der Waals surface area (Å²) in [5, 5.41) is 10.2. The van der Waals surface area contributed by atoms with Crippen molar-refractivity contribution in [3.8, 4) is 0 Å². The number of allylic oxidation sites excluding steroid dienone is 1. The van der Waals surface area contributed by atoms with Crippen LogP contribution in [0.25, 0.3) is 6.08 Å². The van der Waals surface area contributed by atoms with E-state index in [0.717, 1.165) is 22.0 Å². The Kier molecular flexibility index (Phi) is 9.14. The first-order valence-corrected chi connectivity index (χ1v) is 15.0. The molecule has 0 radical (unpaired) electrons. The molecule has 2 aliphatic rings. The summed E-state index contributed by atoms with van der Waals surface area (Å²) in [7, 11) is 1.28. The Balaban J connectivity index is 1.55. The summed E-state index contributed by atoms with van der Waals surface area (Å²) in [4.78, 5) is 66.2. The van der Waals surface area contributed by atoms with Crippen molar-refractivity contribution in [1.29, 1.82) is 0 Å². The Bertz CT molecular complexity index is 1460. The number of ether oxygens (including phenoxy) is 2. The van der Waals surface area contributed by atoms with Gasteiger partial charge in [0.15, 0.2) is 10.8 Å². The maximum atomic E-state index is 13.3. The van der Waals surface area contributed by atoms with Gasteiger partial charge in [0.1, 0.15) is 34.9 Å². The Morgan fingerprint density at radius 2 is 1.95 bits per heavy atom. The number of carbonyl (C=O) groups excluding carboxylic acids is 4. The van der Waals surface area contributed by atoms with E-state index in [1.807, 2.05) is 12.3 Å². The highest BCUT2D eigenvalue weighted by molar-refractivity contribution is 8.00. The Morgan fingerprint density at radius 1 is 1.20 bits per heavy atom. The third kappa shape index (κ3) is 6.77. The number of aryl methyl sites for hydroxylation is 1. The summed E-state index contributed by atoms with van der Waals surface area (Å²) < 4.78 is 10.3. The van der Waals surface area contributed by atoms with Gasteiger partial charge >= 0.3 is 11.9 Å². The van der Waals surface area contributed by atoms with Crippen molar-refractivity contribution < 1.29 is 33.5 Å². The zero-order chi connectivity index (χ0) is 29.9. The van der Waals surface area contributed by atoms with Gasteiger partial charge in [0.2, 0.25) is 6.79 Å². The number of hydrogen-bond donors (Lipinski definition) is 2. The number of oxime groups is 1. The molecule has 0 saturated carbocycles. The second kappa shape index (κ2) is 12.4. The van der Waals surface area contributed by atoms with Crippen LogP contribution in [-0.2, 0) is 33.5 Å². The molecule has 2 aromatic rings. The van der Waals surface area contributed by atoms with E-state index in [4.69, 9.17) is 20.0 Å². The number of carbonyl (C=O) groups is 4. The standard InChI is InChI=1S/C25H28N6O7S3/c1-12-8-39-15(27-12)7-6-13-9-40-21-17(29-19(32)16(30-36-5)14-10-41-24(26)28-14)20(33)31(21)18(13)22(34)37-11-38-23(35)25(2,3)4/h6-8,10,17,21H,9,11H2,1-5H3,(H2,26,28)(H,29,32)/b7-6-,30-16-/t17-,21-/m1/s1. The average molecular weight is 621 g/mol. The largest absolute Gasteiger partial charge is 0.427 e. The number of rotatable bonds is 9. The number of fused-ring (bicyclic) bond motifs is 1. The summed E-state index contributed by atoms with van der Waals surface area (Å²) in [5.41, 5.74) is 6.32. The molecule has 0 aliphatic carbocycles. The van der Waals surface area contributed by atoms with Crippen LogP contribution in [0.4, 0.5) is 5.13 Å². The summed E-state index contributed by atoms with van der Waals surface area (Å²) >= 11 is 3.92. The number of anilines is 1. The zero-order valence-electron chi connectivity index (χ0n) is 22.8. The molecule has 0 spiro atoms. The molecule has 41 heavy (non-hydrogen) atoms. The molecule has 1 saturated heterocycles. The van der Waals surface area contributed by atoms with Gasteiger partial charge in [-0.05, 0) is 39.3 Å². The van der Waals surface area contributed by atoms with Crippen molar-refractivity contribution in [2.45, 2.75) is 39.1 Å². The normalized spacial score (nSPS) is 19.1. The van der Waals surface area contributed by atoms with Gasteiger partial charge in [-0.25, -0.2) is 14.8 Å². The number of thiazole rings is 2. The van der Waals surface area contributed by atoms with Gasteiger partial charge < -0.3 is 25.4 Å². The lowest BCUT2D eigenvalue weighted by atomic mass is 9.98. The van der Waals surface area contributed by atoms with Crippen molar-refractivity contribution in [2.24, 2.45) is 10.6 Å². The van der Waals surface area contributed by atoms with E-state index in [9.17, 15) is 19.2 Å².